The number of hydrogen-bond acceptors (Lipinski definition) is 7. The van der Waals surface area contributed by atoms with Gasteiger partial charge in [0, 0.05) is 29.0 Å². The summed E-state index contributed by atoms with van der Waals surface area (Å²) in [5, 5.41) is 18.0. The molecule has 8 nitrogen and oxygen atoms in total. The second-order valence-corrected chi connectivity index (χ2v) is 10.6. The average molecular weight is 514 g/mol. The Bertz CT molecular complexity index is 1150. The number of benzene rings is 1. The third-order valence-corrected chi connectivity index (χ3v) is 8.03. The van der Waals surface area contributed by atoms with E-state index in [4.69, 9.17) is 20.9 Å². The van der Waals surface area contributed by atoms with Crippen LogP contribution in [0, 0.1) is 5.92 Å². The van der Waals surface area contributed by atoms with Crippen molar-refractivity contribution in [1.29, 1.82) is 0 Å². The lowest BCUT2D eigenvalue weighted by atomic mass is 9.69. The molecule has 188 valence electrons. The molecule has 4 fully saturated rings. The van der Waals surface area contributed by atoms with Gasteiger partial charge in [0.05, 0.1) is 17.6 Å². The van der Waals surface area contributed by atoms with Crippen molar-refractivity contribution in [1.82, 2.24) is 15.5 Å². The number of aliphatic hydroxyl groups is 1. The number of ether oxygens (including phenoxy) is 2. The van der Waals surface area contributed by atoms with Gasteiger partial charge in [-0.15, -0.1) is 13.2 Å². The Morgan fingerprint density at radius 3 is 2.74 bits per heavy atom. The fraction of sp³-hybridized carbons (Fsp3) is 0.609. The highest BCUT2D eigenvalue weighted by Crippen LogP contribution is 2.59. The Morgan fingerprint density at radius 2 is 2.00 bits per heavy atom. The summed E-state index contributed by atoms with van der Waals surface area (Å²) in [5.41, 5.74) is 0.244. The predicted molar refractivity (Wildman–Crippen MR) is 114 cm³/mol. The number of nitrogens with one attached hydrogen (secondary N) is 1. The van der Waals surface area contributed by atoms with Crippen LogP contribution in [0.2, 0.25) is 5.02 Å². The molecule has 35 heavy (non-hydrogen) atoms. The smallest absolute Gasteiger partial charge is 0.480 e. The van der Waals surface area contributed by atoms with Crippen molar-refractivity contribution in [2.24, 2.45) is 5.92 Å². The molecule has 0 spiro atoms. The first kappa shape index (κ1) is 23.1. The summed E-state index contributed by atoms with van der Waals surface area (Å²) >= 11 is 5.99. The van der Waals surface area contributed by atoms with Gasteiger partial charge in [-0.3, -0.25) is 9.53 Å². The van der Waals surface area contributed by atoms with Crippen LogP contribution in [-0.2, 0) is 14.9 Å². The predicted octanol–water partition coefficient (Wildman–Crippen LogP) is 3.93. The number of fused-ring (bicyclic) bond motifs is 2. The van der Waals surface area contributed by atoms with Gasteiger partial charge in [0.1, 0.15) is 5.75 Å². The van der Waals surface area contributed by atoms with Crippen molar-refractivity contribution in [3.05, 3.63) is 40.5 Å². The van der Waals surface area contributed by atoms with E-state index in [9.17, 15) is 23.1 Å². The van der Waals surface area contributed by atoms with E-state index in [1.807, 2.05) is 0 Å². The highest BCUT2D eigenvalue weighted by atomic mass is 35.5. The van der Waals surface area contributed by atoms with Crippen molar-refractivity contribution in [2.45, 2.75) is 80.6 Å². The summed E-state index contributed by atoms with van der Waals surface area (Å²) < 4.78 is 52.4. The first-order valence-electron chi connectivity index (χ1n) is 11.6. The lowest BCUT2D eigenvalue weighted by Crippen LogP contribution is -2.46. The van der Waals surface area contributed by atoms with Gasteiger partial charge in [-0.2, -0.15) is 4.98 Å². The summed E-state index contributed by atoms with van der Waals surface area (Å²) in [6.07, 6.45) is -4.41. The number of nitrogens with zero attached hydrogens (tertiary/aromatic N) is 2. The molecule has 5 aliphatic rings. The molecule has 1 aromatic carbocycles. The number of aromatic nitrogens is 2. The zero-order valence-electron chi connectivity index (χ0n) is 18.4. The number of carbonyl (C=O) groups excluding carboxylic acids is 1. The van der Waals surface area contributed by atoms with E-state index in [0.29, 0.717) is 34.5 Å². The molecule has 1 unspecified atom stereocenters. The van der Waals surface area contributed by atoms with Crippen molar-refractivity contribution < 1.29 is 37.1 Å². The molecule has 4 saturated carbocycles. The fourth-order valence-electron chi connectivity index (χ4n) is 5.95. The van der Waals surface area contributed by atoms with Crippen molar-refractivity contribution in [3.8, 4) is 5.75 Å². The third-order valence-electron chi connectivity index (χ3n) is 7.80. The Balaban J connectivity index is 1.05. The Morgan fingerprint density at radius 1 is 1.23 bits per heavy atom. The average Bonchev–Trinajstić information content (AvgIpc) is 3.43. The standard InChI is InChI=1S/C23H23ClF3N3O5/c24-12-1-2-17-14(5-12)16(31)6-18(33-17)20(32)28-15-9-22(7-11(15)8-22)21-29-19(30-35-21)10-3-13(4-10)34-23(25,26)27/h1-2,5,10-11,13,15-16,18,31H,3-4,6-9H2,(H,28,32)/t10-,11?,13+,15?,16-,18-,22?/m0/s1. The molecule has 1 amide bonds. The van der Waals surface area contributed by atoms with Gasteiger partial charge < -0.3 is 19.7 Å². The maximum atomic E-state index is 12.9. The quantitative estimate of drug-likeness (QED) is 0.624. The van der Waals surface area contributed by atoms with Crippen molar-refractivity contribution >= 4 is 17.5 Å². The molecule has 0 saturated heterocycles. The first-order valence-corrected chi connectivity index (χ1v) is 12.0. The minimum absolute atomic E-state index is 0.0847. The molecular weight excluding hydrogens is 491 g/mol. The molecule has 2 bridgehead atoms. The number of alkyl halides is 3. The van der Waals surface area contributed by atoms with Gasteiger partial charge in [0.15, 0.2) is 11.9 Å². The summed E-state index contributed by atoms with van der Waals surface area (Å²) in [5.74, 6) is 1.11. The second-order valence-electron chi connectivity index (χ2n) is 10.1. The van der Waals surface area contributed by atoms with E-state index in [-0.39, 0.29) is 48.5 Å². The lowest BCUT2D eigenvalue weighted by molar-refractivity contribution is -0.352. The number of rotatable bonds is 5. The highest BCUT2D eigenvalue weighted by molar-refractivity contribution is 6.30. The molecule has 2 N–H and O–H groups in total. The molecular formula is C23H23ClF3N3O5. The van der Waals surface area contributed by atoms with Gasteiger partial charge in [-0.25, -0.2) is 0 Å². The molecule has 1 aliphatic heterocycles. The summed E-state index contributed by atoms with van der Waals surface area (Å²) in [6, 6.07) is 4.85. The van der Waals surface area contributed by atoms with Crippen molar-refractivity contribution in [2.75, 3.05) is 0 Å². The zero-order chi connectivity index (χ0) is 24.5. The lowest BCUT2D eigenvalue weighted by Gasteiger charge is -2.35. The van der Waals surface area contributed by atoms with Crippen LogP contribution >= 0.6 is 11.6 Å². The van der Waals surface area contributed by atoms with Crippen LogP contribution in [0.5, 0.6) is 5.75 Å². The highest BCUT2D eigenvalue weighted by Gasteiger charge is 2.60. The third kappa shape index (κ3) is 4.17. The van der Waals surface area contributed by atoms with Crippen molar-refractivity contribution in [3.63, 3.8) is 0 Å². The molecule has 2 heterocycles. The largest absolute Gasteiger partial charge is 0.522 e. The van der Waals surface area contributed by atoms with Gasteiger partial charge in [-0.1, -0.05) is 16.8 Å². The number of amides is 1. The van der Waals surface area contributed by atoms with E-state index in [1.165, 1.54) is 0 Å². The number of hydrogen-bond donors (Lipinski definition) is 2. The number of halogens is 4. The monoisotopic (exact) mass is 513 g/mol. The summed E-state index contributed by atoms with van der Waals surface area (Å²) in [7, 11) is 0. The van der Waals surface area contributed by atoms with E-state index < -0.39 is 24.7 Å². The van der Waals surface area contributed by atoms with E-state index in [0.717, 1.165) is 12.8 Å². The molecule has 7 rings (SSSR count). The Labute approximate surface area is 203 Å². The van der Waals surface area contributed by atoms with E-state index >= 15 is 0 Å². The molecule has 0 radical (unpaired) electrons. The minimum atomic E-state index is -4.64. The first-order chi connectivity index (χ1) is 16.6. The fourth-order valence-corrected chi connectivity index (χ4v) is 6.13. The maximum Gasteiger partial charge on any atom is 0.522 e. The van der Waals surface area contributed by atoms with Crippen LogP contribution in [0.4, 0.5) is 13.2 Å². The normalized spacial score (nSPS) is 35.5. The van der Waals surface area contributed by atoms with Crippen LogP contribution in [-0.4, -0.2) is 45.8 Å². The van der Waals surface area contributed by atoms with Crippen LogP contribution < -0.4 is 10.1 Å². The summed E-state index contributed by atoms with van der Waals surface area (Å²) in [6.45, 7) is 0. The zero-order valence-corrected chi connectivity index (χ0v) is 19.2. The number of carbonyl (C=O) groups is 1. The van der Waals surface area contributed by atoms with Crippen LogP contribution in [0.3, 0.4) is 0 Å². The second kappa shape index (κ2) is 8.07. The van der Waals surface area contributed by atoms with Crippen LogP contribution in [0.1, 0.15) is 67.8 Å². The van der Waals surface area contributed by atoms with E-state index in [1.54, 1.807) is 18.2 Å². The summed E-state index contributed by atoms with van der Waals surface area (Å²) in [4.78, 5) is 17.4. The Kier molecular flexibility index (Phi) is 5.32. The van der Waals surface area contributed by atoms with Gasteiger partial charge >= 0.3 is 6.36 Å². The molecule has 2 aromatic rings. The molecule has 12 heteroatoms. The van der Waals surface area contributed by atoms with Gasteiger partial charge in [0.25, 0.3) is 5.91 Å². The minimum Gasteiger partial charge on any atom is -0.480 e. The molecule has 3 atom stereocenters. The van der Waals surface area contributed by atoms with Gasteiger partial charge in [0.2, 0.25) is 5.89 Å². The number of aliphatic hydroxyl groups excluding tert-OH is 1. The molecule has 1 aromatic heterocycles. The van der Waals surface area contributed by atoms with Crippen LogP contribution in [0.15, 0.2) is 22.7 Å². The van der Waals surface area contributed by atoms with E-state index in [2.05, 4.69) is 20.2 Å². The SMILES string of the molecule is O=C(NC1CC2(c3nc([C@H]4C[C@@H](OC(F)(F)F)C4)no3)CC1C2)[C@@H]1C[C@H](O)c2cc(Cl)ccc2O1. The molecule has 4 aliphatic carbocycles. The topological polar surface area (TPSA) is 107 Å². The Hall–Kier alpha value is -2.37. The van der Waals surface area contributed by atoms with Gasteiger partial charge in [-0.05, 0) is 56.2 Å². The maximum absolute atomic E-state index is 12.9. The van der Waals surface area contributed by atoms with Crippen LogP contribution in [0.25, 0.3) is 0 Å².